The van der Waals surface area contributed by atoms with Gasteiger partial charge in [-0.1, -0.05) is 17.7 Å². The van der Waals surface area contributed by atoms with E-state index in [0.29, 0.717) is 11.6 Å². The number of hydrogen-bond donors (Lipinski definition) is 2. The van der Waals surface area contributed by atoms with Crippen molar-refractivity contribution in [1.29, 1.82) is 0 Å². The highest BCUT2D eigenvalue weighted by Gasteiger charge is 2.14. The number of aryl methyl sites for hydroxylation is 2. The number of hydrogen-bond acceptors (Lipinski definition) is 3. The average molecular weight is 506 g/mol. The Bertz CT molecular complexity index is 791. The summed E-state index contributed by atoms with van der Waals surface area (Å²) < 4.78 is 7.31. The lowest BCUT2D eigenvalue weighted by molar-refractivity contribution is 0.409. The summed E-state index contributed by atoms with van der Waals surface area (Å²) in [5.41, 5.74) is 4.58. The van der Waals surface area contributed by atoms with Crippen molar-refractivity contribution >= 4 is 41.5 Å². The molecule has 27 heavy (non-hydrogen) atoms. The van der Waals surface area contributed by atoms with Gasteiger partial charge in [0.15, 0.2) is 5.96 Å². The van der Waals surface area contributed by atoms with Crippen molar-refractivity contribution in [2.24, 2.45) is 12.0 Å². The minimum atomic E-state index is 0. The highest BCUT2D eigenvalue weighted by Crippen LogP contribution is 2.22. The highest BCUT2D eigenvalue weighted by atomic mass is 127. The van der Waals surface area contributed by atoms with Crippen LogP contribution in [0.3, 0.4) is 0 Å². The van der Waals surface area contributed by atoms with Crippen LogP contribution in [-0.2, 0) is 20.0 Å². The van der Waals surface area contributed by atoms with E-state index in [1.807, 2.05) is 29.9 Å². The molecular formula is C19H29ClIN5O. The lowest BCUT2D eigenvalue weighted by Gasteiger charge is -2.19. The molecule has 1 aromatic carbocycles. The quantitative estimate of drug-likeness (QED) is 0.358. The normalized spacial score (nSPS) is 12.3. The van der Waals surface area contributed by atoms with Crippen molar-refractivity contribution < 1.29 is 4.74 Å². The van der Waals surface area contributed by atoms with Gasteiger partial charge in [-0.05, 0) is 44.9 Å². The molecule has 6 nitrogen and oxygen atoms in total. The van der Waals surface area contributed by atoms with Crippen LogP contribution >= 0.6 is 35.6 Å². The molecule has 0 aliphatic carbocycles. The van der Waals surface area contributed by atoms with Crippen LogP contribution < -0.4 is 15.4 Å². The summed E-state index contributed by atoms with van der Waals surface area (Å²) in [5.74, 6) is 1.50. The number of aromatic nitrogens is 2. The molecule has 0 saturated heterocycles. The Kier molecular flexibility index (Phi) is 9.38. The number of rotatable bonds is 6. The fraction of sp³-hybridized carbons (Fsp3) is 0.474. The number of nitrogens with one attached hydrogen (secondary N) is 2. The van der Waals surface area contributed by atoms with Gasteiger partial charge < -0.3 is 15.4 Å². The van der Waals surface area contributed by atoms with Crippen LogP contribution in [0, 0.1) is 13.8 Å². The lowest BCUT2D eigenvalue weighted by Crippen LogP contribution is -2.42. The van der Waals surface area contributed by atoms with Gasteiger partial charge in [0.25, 0.3) is 0 Å². The van der Waals surface area contributed by atoms with Crippen molar-refractivity contribution in [3.8, 4) is 5.75 Å². The maximum Gasteiger partial charge on any atom is 0.191 e. The van der Waals surface area contributed by atoms with E-state index in [2.05, 4.69) is 41.5 Å². The summed E-state index contributed by atoms with van der Waals surface area (Å²) in [7, 11) is 5.38. The van der Waals surface area contributed by atoms with Crippen LogP contribution in [0.1, 0.15) is 29.4 Å². The van der Waals surface area contributed by atoms with Gasteiger partial charge in [0, 0.05) is 43.0 Å². The summed E-state index contributed by atoms with van der Waals surface area (Å²) in [6, 6.07) is 5.84. The third-order valence-electron chi connectivity index (χ3n) is 4.47. The summed E-state index contributed by atoms with van der Waals surface area (Å²) in [6.07, 6.45) is 0.885. The standard InChI is InChI=1S/C19H28ClN5O.HI/c1-12(9-17-13(2)24-25(5)14(17)3)23-19(21-4)22-11-15-7-8-16(20)10-18(15)26-6;/h7-8,10,12H,9,11H2,1-6H3,(H2,21,22,23);1H. The van der Waals surface area contributed by atoms with E-state index in [1.54, 1.807) is 14.2 Å². The first-order valence-electron chi connectivity index (χ1n) is 8.64. The first kappa shape index (κ1) is 23.6. The van der Waals surface area contributed by atoms with Crippen molar-refractivity contribution in [2.75, 3.05) is 14.2 Å². The second-order valence-corrected chi connectivity index (χ2v) is 6.84. The molecule has 2 rings (SSSR count). The highest BCUT2D eigenvalue weighted by molar-refractivity contribution is 14.0. The van der Waals surface area contributed by atoms with E-state index in [1.165, 1.54) is 11.3 Å². The zero-order valence-corrected chi connectivity index (χ0v) is 19.8. The Balaban J connectivity index is 0.00000364. The average Bonchev–Trinajstić information content (AvgIpc) is 2.85. The Morgan fingerprint density at radius 3 is 2.63 bits per heavy atom. The molecule has 1 unspecified atom stereocenters. The minimum absolute atomic E-state index is 0. The smallest absolute Gasteiger partial charge is 0.191 e. The number of benzene rings is 1. The van der Waals surface area contributed by atoms with Gasteiger partial charge in [0.2, 0.25) is 0 Å². The molecule has 0 saturated carbocycles. The summed E-state index contributed by atoms with van der Waals surface area (Å²) in [6.45, 7) is 6.89. The molecule has 0 aliphatic heterocycles. The molecule has 0 fully saturated rings. The molecule has 0 amide bonds. The molecule has 8 heteroatoms. The van der Waals surface area contributed by atoms with Crippen LogP contribution in [0.5, 0.6) is 5.75 Å². The maximum absolute atomic E-state index is 6.02. The van der Waals surface area contributed by atoms with E-state index in [0.717, 1.165) is 29.4 Å². The Morgan fingerprint density at radius 2 is 2.07 bits per heavy atom. The van der Waals surface area contributed by atoms with Crippen LogP contribution in [0.2, 0.25) is 5.02 Å². The number of guanidine groups is 1. The molecule has 2 N–H and O–H groups in total. The van der Waals surface area contributed by atoms with Gasteiger partial charge in [-0.15, -0.1) is 24.0 Å². The molecule has 150 valence electrons. The van der Waals surface area contributed by atoms with E-state index >= 15 is 0 Å². The summed E-state index contributed by atoms with van der Waals surface area (Å²) >= 11 is 6.02. The van der Waals surface area contributed by atoms with Gasteiger partial charge in [-0.2, -0.15) is 5.10 Å². The van der Waals surface area contributed by atoms with Crippen LogP contribution in [0.25, 0.3) is 0 Å². The Labute approximate surface area is 183 Å². The number of halogens is 2. The monoisotopic (exact) mass is 505 g/mol. The first-order valence-corrected chi connectivity index (χ1v) is 9.02. The van der Waals surface area contributed by atoms with Gasteiger partial charge >= 0.3 is 0 Å². The first-order chi connectivity index (χ1) is 12.3. The SMILES string of the molecule is CN=C(NCc1ccc(Cl)cc1OC)NC(C)Cc1c(C)nn(C)c1C.I. The summed E-state index contributed by atoms with van der Waals surface area (Å²) in [5, 5.41) is 11.9. The minimum Gasteiger partial charge on any atom is -0.496 e. The number of methoxy groups -OCH3 is 1. The molecule has 1 heterocycles. The van der Waals surface area contributed by atoms with Gasteiger partial charge in [0.1, 0.15) is 5.75 Å². The van der Waals surface area contributed by atoms with Gasteiger partial charge in [-0.25, -0.2) is 0 Å². The van der Waals surface area contributed by atoms with Crippen molar-refractivity contribution in [1.82, 2.24) is 20.4 Å². The number of ether oxygens (including phenoxy) is 1. The molecule has 0 aliphatic rings. The molecule has 0 radical (unpaired) electrons. The Hall–Kier alpha value is -1.48. The van der Waals surface area contributed by atoms with Crippen molar-refractivity contribution in [3.05, 3.63) is 45.7 Å². The number of nitrogens with zero attached hydrogens (tertiary/aromatic N) is 3. The van der Waals surface area contributed by atoms with E-state index < -0.39 is 0 Å². The molecular weight excluding hydrogens is 477 g/mol. The fourth-order valence-corrected chi connectivity index (χ4v) is 3.10. The van der Waals surface area contributed by atoms with Crippen LogP contribution in [0.15, 0.2) is 23.2 Å². The topological polar surface area (TPSA) is 63.5 Å². The maximum atomic E-state index is 6.02. The zero-order chi connectivity index (χ0) is 19.3. The molecule has 0 bridgehead atoms. The van der Waals surface area contributed by atoms with Gasteiger partial charge in [-0.3, -0.25) is 9.67 Å². The van der Waals surface area contributed by atoms with Crippen molar-refractivity contribution in [2.45, 2.75) is 39.8 Å². The van der Waals surface area contributed by atoms with E-state index in [9.17, 15) is 0 Å². The molecule has 1 atom stereocenters. The van der Waals surface area contributed by atoms with E-state index in [4.69, 9.17) is 16.3 Å². The third kappa shape index (κ3) is 6.27. The van der Waals surface area contributed by atoms with E-state index in [-0.39, 0.29) is 30.0 Å². The largest absolute Gasteiger partial charge is 0.496 e. The van der Waals surface area contributed by atoms with Crippen molar-refractivity contribution in [3.63, 3.8) is 0 Å². The predicted molar refractivity (Wildman–Crippen MR) is 123 cm³/mol. The second-order valence-electron chi connectivity index (χ2n) is 6.40. The predicted octanol–water partition coefficient (Wildman–Crippen LogP) is 3.61. The van der Waals surface area contributed by atoms with Crippen LogP contribution in [0.4, 0.5) is 0 Å². The fourth-order valence-electron chi connectivity index (χ4n) is 2.94. The van der Waals surface area contributed by atoms with Gasteiger partial charge in [0.05, 0.1) is 12.8 Å². The van der Waals surface area contributed by atoms with Crippen LogP contribution in [-0.4, -0.2) is 35.9 Å². The Morgan fingerprint density at radius 1 is 1.37 bits per heavy atom. The lowest BCUT2D eigenvalue weighted by atomic mass is 10.1. The molecule has 1 aromatic heterocycles. The molecule has 0 spiro atoms. The summed E-state index contributed by atoms with van der Waals surface area (Å²) in [4.78, 5) is 4.31. The molecule has 2 aromatic rings. The second kappa shape index (κ2) is 10.8. The third-order valence-corrected chi connectivity index (χ3v) is 4.71. The number of aliphatic imine (C=N–C) groups is 1. The zero-order valence-electron chi connectivity index (χ0n) is 16.8.